The molecule has 1 N–H and O–H groups in total. The molecule has 0 saturated carbocycles. The van der Waals surface area contributed by atoms with Crippen LogP contribution in [0.15, 0.2) is 41.7 Å². The number of piperidine rings is 1. The van der Waals surface area contributed by atoms with Crippen molar-refractivity contribution in [2.45, 2.75) is 47.2 Å². The van der Waals surface area contributed by atoms with Crippen molar-refractivity contribution in [3.63, 3.8) is 0 Å². The van der Waals surface area contributed by atoms with E-state index in [0.717, 1.165) is 49.8 Å². The Morgan fingerprint density at radius 3 is 2.63 bits per heavy atom. The molecule has 1 aliphatic heterocycles. The summed E-state index contributed by atoms with van der Waals surface area (Å²) in [6.07, 6.45) is 5.19. The van der Waals surface area contributed by atoms with Crippen molar-refractivity contribution < 1.29 is 0 Å². The zero-order valence-corrected chi connectivity index (χ0v) is 17.2. The largest absolute Gasteiger partial charge is 0.357 e. The zero-order valence-electron chi connectivity index (χ0n) is 17.2. The van der Waals surface area contributed by atoms with Gasteiger partial charge in [0.05, 0.1) is 6.54 Å². The molecule has 1 aliphatic rings. The summed E-state index contributed by atoms with van der Waals surface area (Å²) in [4.78, 5) is 11.7. The number of rotatable bonds is 5. The first-order valence-electron chi connectivity index (χ1n) is 10.1. The van der Waals surface area contributed by atoms with Gasteiger partial charge in [0.15, 0.2) is 5.96 Å². The molecule has 1 aromatic heterocycles. The molecule has 0 radical (unpaired) electrons. The van der Waals surface area contributed by atoms with E-state index in [-0.39, 0.29) is 0 Å². The normalized spacial score (nSPS) is 20.7. The molecule has 0 aliphatic carbocycles. The van der Waals surface area contributed by atoms with Crippen molar-refractivity contribution in [1.82, 2.24) is 19.8 Å². The molecular formula is C22H33N5. The fourth-order valence-corrected chi connectivity index (χ4v) is 4.02. The van der Waals surface area contributed by atoms with Gasteiger partial charge in [0.25, 0.3) is 0 Å². The maximum absolute atomic E-state index is 4.94. The SMILES string of the molecule is CCNC(=NCc1cccc(Cn2ccnc2C)c1)N1CC(C)CC(C)C1. The Bertz CT molecular complexity index is 754. The number of likely N-dealkylation sites (tertiary alicyclic amines) is 1. The van der Waals surface area contributed by atoms with Gasteiger partial charge in [-0.05, 0) is 43.2 Å². The van der Waals surface area contributed by atoms with Crippen molar-refractivity contribution in [3.8, 4) is 0 Å². The van der Waals surface area contributed by atoms with Crippen LogP contribution in [0.3, 0.4) is 0 Å². The van der Waals surface area contributed by atoms with Crippen LogP contribution >= 0.6 is 0 Å². The first-order valence-corrected chi connectivity index (χ1v) is 10.1. The Hall–Kier alpha value is -2.30. The van der Waals surface area contributed by atoms with Crippen LogP contribution in [0.5, 0.6) is 0 Å². The molecule has 1 fully saturated rings. The van der Waals surface area contributed by atoms with E-state index in [1.54, 1.807) is 0 Å². The molecule has 2 unspecified atom stereocenters. The van der Waals surface area contributed by atoms with Gasteiger partial charge in [-0.15, -0.1) is 0 Å². The quantitative estimate of drug-likeness (QED) is 0.648. The lowest BCUT2D eigenvalue weighted by Gasteiger charge is -2.37. The number of hydrogen-bond acceptors (Lipinski definition) is 2. The summed E-state index contributed by atoms with van der Waals surface area (Å²) >= 11 is 0. The van der Waals surface area contributed by atoms with E-state index >= 15 is 0 Å². The Morgan fingerprint density at radius 2 is 1.96 bits per heavy atom. The number of guanidine groups is 1. The van der Waals surface area contributed by atoms with E-state index in [4.69, 9.17) is 4.99 Å². The summed E-state index contributed by atoms with van der Waals surface area (Å²) in [5.74, 6) is 3.53. The molecule has 0 spiro atoms. The lowest BCUT2D eigenvalue weighted by Crippen LogP contribution is -2.48. The predicted molar refractivity (Wildman–Crippen MR) is 112 cm³/mol. The van der Waals surface area contributed by atoms with Crippen molar-refractivity contribution in [2.24, 2.45) is 16.8 Å². The lowest BCUT2D eigenvalue weighted by molar-refractivity contribution is 0.208. The smallest absolute Gasteiger partial charge is 0.194 e. The lowest BCUT2D eigenvalue weighted by atomic mass is 9.92. The van der Waals surface area contributed by atoms with E-state index in [2.05, 4.69) is 64.8 Å². The van der Waals surface area contributed by atoms with E-state index in [1.165, 1.54) is 17.5 Å². The van der Waals surface area contributed by atoms with Crippen molar-refractivity contribution in [3.05, 3.63) is 53.6 Å². The van der Waals surface area contributed by atoms with Crippen LogP contribution in [0.4, 0.5) is 0 Å². The van der Waals surface area contributed by atoms with Gasteiger partial charge < -0.3 is 14.8 Å². The summed E-state index contributed by atoms with van der Waals surface area (Å²) in [6, 6.07) is 8.73. The van der Waals surface area contributed by atoms with Crippen molar-refractivity contribution in [2.75, 3.05) is 19.6 Å². The van der Waals surface area contributed by atoms with E-state index in [1.807, 2.05) is 19.3 Å². The van der Waals surface area contributed by atoms with Crippen LogP contribution in [-0.2, 0) is 13.1 Å². The number of aliphatic imine (C=N–C) groups is 1. The standard InChI is InChI=1S/C22H33N5/c1-5-23-22(27-14-17(2)11-18(3)15-27)25-13-20-7-6-8-21(12-20)16-26-10-9-24-19(26)4/h6-10,12,17-18H,5,11,13-16H2,1-4H3,(H,23,25). The van der Waals surface area contributed by atoms with Gasteiger partial charge in [0, 0.05) is 38.6 Å². The first-order chi connectivity index (χ1) is 13.0. The zero-order chi connectivity index (χ0) is 19.2. The molecule has 146 valence electrons. The molecule has 3 rings (SSSR count). The van der Waals surface area contributed by atoms with E-state index < -0.39 is 0 Å². The van der Waals surface area contributed by atoms with Crippen molar-refractivity contribution in [1.29, 1.82) is 0 Å². The van der Waals surface area contributed by atoms with E-state index in [0.29, 0.717) is 6.54 Å². The average molecular weight is 368 g/mol. The number of aryl methyl sites for hydroxylation is 1. The summed E-state index contributed by atoms with van der Waals surface area (Å²) in [5.41, 5.74) is 2.53. The van der Waals surface area contributed by atoms with Crippen LogP contribution in [-0.4, -0.2) is 40.0 Å². The van der Waals surface area contributed by atoms with Gasteiger partial charge in [-0.2, -0.15) is 0 Å². The summed E-state index contributed by atoms with van der Waals surface area (Å²) in [7, 11) is 0. The Balaban J connectivity index is 1.70. The molecule has 27 heavy (non-hydrogen) atoms. The van der Waals surface area contributed by atoms with Crippen LogP contribution in [0.2, 0.25) is 0 Å². The molecule has 0 amide bonds. The molecule has 2 heterocycles. The number of aromatic nitrogens is 2. The Kier molecular flexibility index (Phi) is 6.54. The number of nitrogens with zero attached hydrogens (tertiary/aromatic N) is 4. The summed E-state index contributed by atoms with van der Waals surface area (Å²) in [5, 5.41) is 3.49. The highest BCUT2D eigenvalue weighted by Gasteiger charge is 2.23. The Morgan fingerprint density at radius 1 is 1.22 bits per heavy atom. The highest BCUT2D eigenvalue weighted by molar-refractivity contribution is 5.80. The highest BCUT2D eigenvalue weighted by Crippen LogP contribution is 2.21. The van der Waals surface area contributed by atoms with Crippen LogP contribution < -0.4 is 5.32 Å². The molecule has 1 aromatic carbocycles. The van der Waals surface area contributed by atoms with Gasteiger partial charge in [-0.25, -0.2) is 9.98 Å². The van der Waals surface area contributed by atoms with E-state index in [9.17, 15) is 0 Å². The molecule has 0 bridgehead atoms. The van der Waals surface area contributed by atoms with Crippen LogP contribution in [0, 0.1) is 18.8 Å². The maximum Gasteiger partial charge on any atom is 0.194 e. The van der Waals surface area contributed by atoms with Crippen LogP contribution in [0.1, 0.15) is 44.1 Å². The van der Waals surface area contributed by atoms with Gasteiger partial charge in [0.1, 0.15) is 5.82 Å². The molecule has 5 heteroatoms. The average Bonchev–Trinajstić information content (AvgIpc) is 3.03. The fourth-order valence-electron chi connectivity index (χ4n) is 4.02. The summed E-state index contributed by atoms with van der Waals surface area (Å²) in [6.45, 7) is 13.5. The second-order valence-electron chi connectivity index (χ2n) is 7.94. The van der Waals surface area contributed by atoms with Gasteiger partial charge in [-0.3, -0.25) is 0 Å². The second-order valence-corrected chi connectivity index (χ2v) is 7.94. The van der Waals surface area contributed by atoms with Gasteiger partial charge >= 0.3 is 0 Å². The molecular weight excluding hydrogens is 334 g/mol. The third kappa shape index (κ3) is 5.34. The molecule has 2 aromatic rings. The minimum atomic E-state index is 0.707. The first kappa shape index (κ1) is 19.5. The number of nitrogens with one attached hydrogen (secondary N) is 1. The second kappa shape index (κ2) is 9.07. The third-order valence-electron chi connectivity index (χ3n) is 5.18. The summed E-state index contributed by atoms with van der Waals surface area (Å²) < 4.78 is 2.17. The third-order valence-corrected chi connectivity index (χ3v) is 5.18. The molecule has 1 saturated heterocycles. The van der Waals surface area contributed by atoms with Gasteiger partial charge in [0.2, 0.25) is 0 Å². The number of hydrogen-bond donors (Lipinski definition) is 1. The molecule has 5 nitrogen and oxygen atoms in total. The minimum absolute atomic E-state index is 0.707. The monoisotopic (exact) mass is 367 g/mol. The van der Waals surface area contributed by atoms with Crippen LogP contribution in [0.25, 0.3) is 0 Å². The number of benzene rings is 1. The highest BCUT2D eigenvalue weighted by atomic mass is 15.3. The van der Waals surface area contributed by atoms with Crippen molar-refractivity contribution >= 4 is 5.96 Å². The Labute approximate surface area is 163 Å². The molecule has 2 atom stereocenters. The fraction of sp³-hybridized carbons (Fsp3) is 0.545. The minimum Gasteiger partial charge on any atom is -0.357 e. The topological polar surface area (TPSA) is 45.5 Å². The number of imidazole rings is 1. The maximum atomic E-state index is 4.94. The predicted octanol–water partition coefficient (Wildman–Crippen LogP) is 3.68. The van der Waals surface area contributed by atoms with Gasteiger partial charge in [-0.1, -0.05) is 38.1 Å².